The first kappa shape index (κ1) is 20.8. The van der Waals surface area contributed by atoms with Crippen LogP contribution < -0.4 is 15.8 Å². The maximum absolute atomic E-state index is 14.3. The monoisotopic (exact) mass is 421 g/mol. The molecule has 0 saturated carbocycles. The van der Waals surface area contributed by atoms with Gasteiger partial charge in [0.15, 0.2) is 0 Å². The molecule has 0 spiro atoms. The Labute approximate surface area is 172 Å². The zero-order valence-corrected chi connectivity index (χ0v) is 16.9. The quantitative estimate of drug-likeness (QED) is 0.767. The van der Waals surface area contributed by atoms with Crippen molar-refractivity contribution in [3.63, 3.8) is 0 Å². The number of halogens is 2. The van der Waals surface area contributed by atoms with Crippen LogP contribution in [0.15, 0.2) is 35.6 Å². The molecule has 1 aromatic heterocycles. The fourth-order valence-electron chi connectivity index (χ4n) is 3.20. The second-order valence-electron chi connectivity index (χ2n) is 6.71. The molecule has 1 aliphatic heterocycles. The second-order valence-corrected chi connectivity index (χ2v) is 7.12. The van der Waals surface area contributed by atoms with Crippen LogP contribution in [0.5, 0.6) is 5.88 Å². The van der Waals surface area contributed by atoms with Crippen LogP contribution in [-0.4, -0.2) is 41.8 Å². The molecule has 0 fully saturated rings. The van der Waals surface area contributed by atoms with Crippen molar-refractivity contribution in [2.24, 2.45) is 16.6 Å². The van der Waals surface area contributed by atoms with E-state index in [9.17, 15) is 9.18 Å². The number of hydrogen-bond donors (Lipinski definition) is 2. The molecule has 3 N–H and O–H groups in total. The molecule has 29 heavy (non-hydrogen) atoms. The molecule has 1 aliphatic rings. The summed E-state index contributed by atoms with van der Waals surface area (Å²) in [5.41, 5.74) is 5.35. The number of nitrogens with zero attached hydrogens (tertiary/aromatic N) is 3. The highest BCUT2D eigenvalue weighted by Crippen LogP contribution is 2.43. The van der Waals surface area contributed by atoms with Gasteiger partial charge in [-0.3, -0.25) is 4.79 Å². The van der Waals surface area contributed by atoms with Crippen LogP contribution in [-0.2, 0) is 10.3 Å². The van der Waals surface area contributed by atoms with E-state index in [2.05, 4.69) is 20.3 Å². The molecule has 154 valence electrons. The molecule has 3 rings (SSSR count). The van der Waals surface area contributed by atoms with Crippen LogP contribution in [0.4, 0.5) is 10.1 Å². The van der Waals surface area contributed by atoms with E-state index in [4.69, 9.17) is 26.8 Å². The molecule has 8 nitrogen and oxygen atoms in total. The van der Waals surface area contributed by atoms with E-state index in [1.165, 1.54) is 19.5 Å². The fraction of sp³-hybridized carbons (Fsp3) is 0.368. The van der Waals surface area contributed by atoms with Crippen LogP contribution >= 0.6 is 11.6 Å². The number of amidine groups is 1. The third-order valence-corrected chi connectivity index (χ3v) is 5.37. The van der Waals surface area contributed by atoms with Gasteiger partial charge in [-0.05, 0) is 25.1 Å². The lowest BCUT2D eigenvalue weighted by Gasteiger charge is -2.41. The number of nitrogens with one attached hydrogen (secondary N) is 1. The van der Waals surface area contributed by atoms with E-state index in [1.54, 1.807) is 25.1 Å². The van der Waals surface area contributed by atoms with Crippen molar-refractivity contribution in [2.45, 2.75) is 25.5 Å². The maximum Gasteiger partial charge on any atom is 0.283 e. The Kier molecular flexibility index (Phi) is 5.88. The van der Waals surface area contributed by atoms with Crippen molar-refractivity contribution in [2.75, 3.05) is 19.1 Å². The molecule has 10 heteroatoms. The van der Waals surface area contributed by atoms with Gasteiger partial charge in [0.2, 0.25) is 5.88 Å². The van der Waals surface area contributed by atoms with E-state index in [0.717, 1.165) is 0 Å². The Morgan fingerprint density at radius 3 is 2.76 bits per heavy atom. The number of carbonyl (C=O) groups excluding carboxylic acids is 1. The van der Waals surface area contributed by atoms with Gasteiger partial charge in [0, 0.05) is 22.2 Å². The maximum atomic E-state index is 14.3. The highest BCUT2D eigenvalue weighted by atomic mass is 35.5. The number of nitrogens with two attached hydrogens (primary N) is 1. The van der Waals surface area contributed by atoms with Crippen LogP contribution in [0.3, 0.4) is 0 Å². The van der Waals surface area contributed by atoms with Gasteiger partial charge in [0.1, 0.15) is 24.0 Å². The number of rotatable bonds is 5. The Morgan fingerprint density at radius 1 is 1.38 bits per heavy atom. The summed E-state index contributed by atoms with van der Waals surface area (Å²) >= 11 is 6.38. The summed E-state index contributed by atoms with van der Waals surface area (Å²) in [6.07, 6.45) is 2.26. The highest BCUT2D eigenvalue weighted by Gasteiger charge is 2.46. The van der Waals surface area contributed by atoms with E-state index < -0.39 is 18.1 Å². The van der Waals surface area contributed by atoms with E-state index in [1.807, 2.05) is 6.92 Å². The Bertz CT molecular complexity index is 940. The van der Waals surface area contributed by atoms with Crippen molar-refractivity contribution >= 4 is 29.2 Å². The van der Waals surface area contributed by atoms with E-state index >= 15 is 0 Å². The summed E-state index contributed by atoms with van der Waals surface area (Å²) in [6.45, 7) is 2.77. The van der Waals surface area contributed by atoms with Crippen molar-refractivity contribution in [1.29, 1.82) is 0 Å². The number of benzene rings is 1. The number of anilines is 1. The molecule has 2 aromatic rings. The first-order chi connectivity index (χ1) is 13.8. The number of carbonyl (C=O) groups is 1. The summed E-state index contributed by atoms with van der Waals surface area (Å²) in [7, 11) is 1.45. The van der Waals surface area contributed by atoms with Crippen molar-refractivity contribution in [3.05, 3.63) is 46.9 Å². The van der Waals surface area contributed by atoms with Gasteiger partial charge < -0.3 is 20.5 Å². The molecule has 0 saturated heterocycles. The van der Waals surface area contributed by atoms with E-state index in [-0.39, 0.29) is 23.7 Å². The van der Waals surface area contributed by atoms with Gasteiger partial charge in [-0.1, -0.05) is 18.5 Å². The Morgan fingerprint density at radius 2 is 2.14 bits per heavy atom. The van der Waals surface area contributed by atoms with E-state index in [0.29, 0.717) is 22.2 Å². The van der Waals surface area contributed by atoms with Crippen LogP contribution in [0, 0.1) is 5.92 Å². The Hall–Kier alpha value is -2.94. The number of alkyl halides is 1. The normalized spacial score (nSPS) is 23.7. The first-order valence-electron chi connectivity index (χ1n) is 8.86. The average Bonchev–Trinajstić information content (AvgIpc) is 2.72. The molecular weight excluding hydrogens is 401 g/mol. The predicted octanol–water partition coefficient (Wildman–Crippen LogP) is 2.93. The SMILES string of the molecule is COc1cnc(C(=O)Nc2ccc(Cl)c([C@]3(CF)N=C(N)OC(C)[C@H]3C)c2)cn1. The lowest BCUT2D eigenvalue weighted by Crippen LogP contribution is -2.48. The molecule has 1 amide bonds. The lowest BCUT2D eigenvalue weighted by atomic mass is 9.77. The third kappa shape index (κ3) is 3.95. The summed E-state index contributed by atoms with van der Waals surface area (Å²) in [6, 6.07) is 4.66. The number of ether oxygens (including phenoxy) is 2. The summed E-state index contributed by atoms with van der Waals surface area (Å²) < 4.78 is 24.7. The van der Waals surface area contributed by atoms with Gasteiger partial charge in [-0.25, -0.2) is 19.4 Å². The zero-order chi connectivity index (χ0) is 21.2. The highest BCUT2D eigenvalue weighted by molar-refractivity contribution is 6.31. The van der Waals surface area contributed by atoms with Gasteiger partial charge in [-0.2, -0.15) is 0 Å². The van der Waals surface area contributed by atoms with Crippen molar-refractivity contribution in [1.82, 2.24) is 9.97 Å². The number of aromatic nitrogens is 2. The second kappa shape index (κ2) is 8.20. The molecule has 0 aliphatic carbocycles. The van der Waals surface area contributed by atoms with Crippen LogP contribution in [0.1, 0.15) is 29.9 Å². The zero-order valence-electron chi connectivity index (χ0n) is 16.1. The number of methoxy groups -OCH3 is 1. The minimum absolute atomic E-state index is 0.0952. The topological polar surface area (TPSA) is 112 Å². The molecule has 0 radical (unpaired) electrons. The summed E-state index contributed by atoms with van der Waals surface area (Å²) in [5, 5.41) is 3.01. The average molecular weight is 422 g/mol. The predicted molar refractivity (Wildman–Crippen MR) is 107 cm³/mol. The van der Waals surface area contributed by atoms with Crippen molar-refractivity contribution in [3.8, 4) is 5.88 Å². The number of hydrogen-bond acceptors (Lipinski definition) is 7. The Balaban J connectivity index is 1.95. The lowest BCUT2D eigenvalue weighted by molar-refractivity contribution is 0.0511. The number of amides is 1. The van der Waals surface area contributed by atoms with Crippen LogP contribution in [0.25, 0.3) is 0 Å². The minimum Gasteiger partial charge on any atom is -0.480 e. The van der Waals surface area contributed by atoms with Crippen LogP contribution in [0.2, 0.25) is 5.02 Å². The smallest absolute Gasteiger partial charge is 0.283 e. The fourth-order valence-corrected chi connectivity index (χ4v) is 3.48. The van der Waals surface area contributed by atoms with Gasteiger partial charge in [-0.15, -0.1) is 0 Å². The minimum atomic E-state index is -1.32. The number of aliphatic imine (C=N–C) groups is 1. The molecule has 2 heterocycles. The summed E-state index contributed by atoms with van der Waals surface area (Å²) in [5.74, 6) is -0.548. The van der Waals surface area contributed by atoms with Gasteiger partial charge >= 0.3 is 0 Å². The third-order valence-electron chi connectivity index (χ3n) is 5.04. The molecule has 0 bridgehead atoms. The molecule has 1 aromatic carbocycles. The van der Waals surface area contributed by atoms with Crippen molar-refractivity contribution < 1.29 is 18.7 Å². The molecule has 1 unspecified atom stereocenters. The largest absolute Gasteiger partial charge is 0.480 e. The standard InChI is InChI=1S/C19H21ClFN5O3/c1-10-11(2)29-18(22)26-19(10,9-21)13-6-12(4-5-14(13)20)25-17(27)15-7-24-16(28-3)8-23-15/h4-8,10-11H,9H2,1-3H3,(H2,22,26)(H,25,27)/t10-,11?,19-/m1/s1. The summed E-state index contributed by atoms with van der Waals surface area (Å²) in [4.78, 5) is 24.7. The molecular formula is C19H21ClFN5O3. The molecule has 3 atom stereocenters. The van der Waals surface area contributed by atoms with Gasteiger partial charge in [0.25, 0.3) is 11.9 Å². The van der Waals surface area contributed by atoms with Gasteiger partial charge in [0.05, 0.1) is 19.5 Å². The first-order valence-corrected chi connectivity index (χ1v) is 9.24.